The molecule has 0 amide bonds. The van der Waals surface area contributed by atoms with Crippen LogP contribution in [0.2, 0.25) is 15.1 Å². The Balaban J connectivity index is 2.38. The maximum atomic E-state index is 13.8. The van der Waals surface area contributed by atoms with E-state index >= 15 is 0 Å². The second kappa shape index (κ2) is 13.9. The highest BCUT2D eigenvalue weighted by Gasteiger charge is 2.40. The molecule has 0 N–H and O–H groups in total. The second-order valence-electron chi connectivity index (χ2n) is 7.78. The van der Waals surface area contributed by atoms with Gasteiger partial charge in [0.05, 0.1) is 31.1 Å². The van der Waals surface area contributed by atoms with Crippen LogP contribution >= 0.6 is 58.3 Å². The van der Waals surface area contributed by atoms with Crippen molar-refractivity contribution in [2.45, 2.75) is 49.5 Å². The number of alkyl halides is 6. The molecule has 0 fully saturated rings. The molecule has 0 aliphatic heterocycles. The lowest BCUT2D eigenvalue weighted by Crippen LogP contribution is -2.19. The monoisotopic (exact) mass is 622 g/mol. The smallest absolute Gasteiger partial charge is 0.294 e. The molecule has 0 radical (unpaired) electrons. The first-order valence-electron chi connectivity index (χ1n) is 11.1. The number of Topliss-reactive ketones (excluding diaryl/α,β-unsaturated/α-hetero) is 1. The van der Waals surface area contributed by atoms with Crippen LogP contribution in [0.25, 0.3) is 6.08 Å². The third kappa shape index (κ3) is 9.31. The molecule has 1 atom stereocenters. The fourth-order valence-electron chi connectivity index (χ4n) is 3.48. The topological polar surface area (TPSA) is 17.1 Å². The predicted octanol–water partition coefficient (Wildman–Crippen LogP) is 10.8. The van der Waals surface area contributed by atoms with Gasteiger partial charge < -0.3 is 0 Å². The number of carbonyl (C=O) groups is 1. The number of benzene rings is 2. The Bertz CT molecular complexity index is 1090. The van der Waals surface area contributed by atoms with Crippen LogP contribution in [-0.4, -0.2) is 28.0 Å². The summed E-state index contributed by atoms with van der Waals surface area (Å²) in [4.78, 5) is 12.7. The lowest BCUT2D eigenvalue weighted by molar-refractivity contribution is -0.139. The third-order valence-corrected chi connectivity index (χ3v) is 9.06. The zero-order valence-electron chi connectivity index (χ0n) is 19.7. The number of hydrogen-bond acceptors (Lipinski definition) is 3. The lowest BCUT2D eigenvalue weighted by atomic mass is 9.95. The van der Waals surface area contributed by atoms with Crippen LogP contribution in [0.4, 0.5) is 26.3 Å². The average Bonchev–Trinajstić information content (AvgIpc) is 2.79. The first-order chi connectivity index (χ1) is 17.2. The van der Waals surface area contributed by atoms with E-state index in [9.17, 15) is 31.1 Å². The molecule has 0 aliphatic rings. The summed E-state index contributed by atoms with van der Waals surface area (Å²) in [7, 11) is 0. The molecule has 0 saturated carbocycles. The molecule has 1 nitrogen and oxygen atoms in total. The summed E-state index contributed by atoms with van der Waals surface area (Å²) in [6.45, 7) is 3.92. The predicted molar refractivity (Wildman–Crippen MR) is 144 cm³/mol. The minimum atomic E-state index is -4.87. The summed E-state index contributed by atoms with van der Waals surface area (Å²) in [5.74, 6) is -1.25. The highest BCUT2D eigenvalue weighted by Crippen LogP contribution is 2.41. The first kappa shape index (κ1) is 32.2. The van der Waals surface area contributed by atoms with Crippen molar-refractivity contribution in [3.63, 3.8) is 0 Å². The Kier molecular flexibility index (Phi) is 12.1. The molecule has 0 aromatic heterocycles. The zero-order valence-corrected chi connectivity index (χ0v) is 23.6. The van der Waals surface area contributed by atoms with E-state index in [1.807, 2.05) is 13.8 Å². The molecule has 204 valence electrons. The van der Waals surface area contributed by atoms with Crippen LogP contribution in [0.3, 0.4) is 0 Å². The number of ketones is 1. The van der Waals surface area contributed by atoms with E-state index in [1.165, 1.54) is 6.07 Å². The summed E-state index contributed by atoms with van der Waals surface area (Å²) in [5.41, 5.74) is -2.17. The van der Waals surface area contributed by atoms with E-state index in [0.717, 1.165) is 35.8 Å². The molecule has 0 saturated heterocycles. The van der Waals surface area contributed by atoms with E-state index in [4.69, 9.17) is 34.8 Å². The van der Waals surface area contributed by atoms with Gasteiger partial charge in [0.2, 0.25) is 0 Å². The normalized spacial score (nSPS) is 13.5. The Hall–Kier alpha value is -1.00. The third-order valence-electron chi connectivity index (χ3n) is 5.16. The van der Waals surface area contributed by atoms with E-state index in [-0.39, 0.29) is 37.2 Å². The van der Waals surface area contributed by atoms with E-state index < -0.39 is 35.2 Å². The Morgan fingerprint density at radius 2 is 1.51 bits per heavy atom. The summed E-state index contributed by atoms with van der Waals surface area (Å²) in [5, 5.41) is -0.489. The maximum absolute atomic E-state index is 13.8. The molecule has 0 aliphatic carbocycles. The Labute approximate surface area is 235 Å². The molecule has 2 rings (SSSR count). The van der Waals surface area contributed by atoms with Crippen molar-refractivity contribution < 1.29 is 31.1 Å². The fraction of sp³-hybridized carbons (Fsp3) is 0.400. The summed E-state index contributed by atoms with van der Waals surface area (Å²) < 4.78 is 82.8. The van der Waals surface area contributed by atoms with Crippen LogP contribution < -0.4 is 0 Å². The average molecular weight is 624 g/mol. The van der Waals surface area contributed by atoms with Gasteiger partial charge in [0.15, 0.2) is 5.78 Å². The van der Waals surface area contributed by atoms with Crippen molar-refractivity contribution >= 4 is 70.2 Å². The molecular formula is C25H23Cl3F6OS2. The number of carbonyl (C=O) groups excluding carboxylic acids is 1. The molecule has 0 heterocycles. The van der Waals surface area contributed by atoms with Crippen LogP contribution in [0.15, 0.2) is 36.4 Å². The second-order valence-corrected chi connectivity index (χ2v) is 12.2. The van der Waals surface area contributed by atoms with Crippen molar-refractivity contribution in [2.75, 3.05) is 11.5 Å². The van der Waals surface area contributed by atoms with Gasteiger partial charge in [-0.2, -0.15) is 26.3 Å². The number of allylic oxidation sites excluding steroid dienone is 1. The van der Waals surface area contributed by atoms with Gasteiger partial charge in [0.25, 0.3) is 0 Å². The van der Waals surface area contributed by atoms with Crippen LogP contribution in [-0.2, 0) is 6.18 Å². The highest BCUT2D eigenvalue weighted by atomic mass is 35.5. The van der Waals surface area contributed by atoms with E-state index in [1.54, 1.807) is 23.5 Å². The van der Waals surface area contributed by atoms with E-state index in [0.29, 0.717) is 18.6 Å². The summed E-state index contributed by atoms with van der Waals surface area (Å²) >= 11 is 20.8. The molecule has 2 aromatic carbocycles. The SMILES string of the molecule is CCSC(CCC(=O)c1ccc(/C=C/C(c2cc(Cl)c(Cl)c(Cl)c2)C(F)(F)F)cc1C(F)(F)F)SCC. The van der Waals surface area contributed by atoms with Gasteiger partial charge in [-0.05, 0) is 47.3 Å². The van der Waals surface area contributed by atoms with Gasteiger partial charge in [-0.25, -0.2) is 0 Å². The molecule has 37 heavy (non-hydrogen) atoms. The van der Waals surface area contributed by atoms with Crippen molar-refractivity contribution in [1.82, 2.24) is 0 Å². The quantitative estimate of drug-likeness (QED) is 0.107. The largest absolute Gasteiger partial charge is 0.417 e. The molecule has 0 bridgehead atoms. The molecule has 1 unspecified atom stereocenters. The number of rotatable bonds is 11. The maximum Gasteiger partial charge on any atom is 0.417 e. The minimum Gasteiger partial charge on any atom is -0.294 e. The number of halogens is 9. The van der Waals surface area contributed by atoms with Gasteiger partial charge in [-0.15, -0.1) is 23.5 Å². The van der Waals surface area contributed by atoms with Gasteiger partial charge in [-0.1, -0.05) is 72.9 Å². The van der Waals surface area contributed by atoms with Gasteiger partial charge in [0, 0.05) is 12.0 Å². The zero-order chi connectivity index (χ0) is 28.0. The van der Waals surface area contributed by atoms with Crippen molar-refractivity contribution in [3.05, 3.63) is 73.7 Å². The van der Waals surface area contributed by atoms with Crippen LogP contribution in [0, 0.1) is 0 Å². The highest BCUT2D eigenvalue weighted by molar-refractivity contribution is 8.16. The minimum absolute atomic E-state index is 0.0723. The Morgan fingerprint density at radius 1 is 0.946 bits per heavy atom. The van der Waals surface area contributed by atoms with Crippen molar-refractivity contribution in [1.29, 1.82) is 0 Å². The van der Waals surface area contributed by atoms with Gasteiger partial charge in [0.1, 0.15) is 0 Å². The molecule has 12 heteroatoms. The van der Waals surface area contributed by atoms with Crippen molar-refractivity contribution in [2.24, 2.45) is 0 Å². The van der Waals surface area contributed by atoms with E-state index in [2.05, 4.69) is 0 Å². The first-order valence-corrected chi connectivity index (χ1v) is 14.3. The summed E-state index contributed by atoms with van der Waals surface area (Å²) in [6.07, 6.45) is -7.69. The lowest BCUT2D eigenvalue weighted by Gasteiger charge is -2.19. The Morgan fingerprint density at radius 3 is 2.00 bits per heavy atom. The van der Waals surface area contributed by atoms with Crippen molar-refractivity contribution in [3.8, 4) is 0 Å². The molecule has 0 spiro atoms. The summed E-state index contributed by atoms with van der Waals surface area (Å²) in [6, 6.07) is 4.88. The number of hydrogen-bond donors (Lipinski definition) is 0. The standard InChI is InChI=1S/C25H23Cl3F6OS2/c1-3-36-22(37-4-2)10-9-21(35)16-7-5-14(11-18(16)25(32,33)34)6-8-17(24(29,30)31)15-12-19(26)23(28)20(27)13-15/h5-8,11-13,17,22H,3-4,9-10H2,1-2H3/b8-6+. The molecular weight excluding hydrogens is 601 g/mol. The van der Waals surface area contributed by atoms with Crippen LogP contribution in [0.1, 0.15) is 59.7 Å². The molecule has 2 aromatic rings. The van der Waals surface area contributed by atoms with Crippen LogP contribution in [0.5, 0.6) is 0 Å². The number of thioether (sulfide) groups is 2. The fourth-order valence-corrected chi connectivity index (χ4v) is 6.61. The van der Waals surface area contributed by atoms with Gasteiger partial charge in [-0.3, -0.25) is 4.79 Å². The van der Waals surface area contributed by atoms with Gasteiger partial charge >= 0.3 is 12.4 Å².